The molecule has 0 N–H and O–H groups in total. The van der Waals surface area contributed by atoms with E-state index >= 15 is 0 Å². The molecule has 0 bridgehead atoms. The van der Waals surface area contributed by atoms with Gasteiger partial charge < -0.3 is 9.64 Å². The summed E-state index contributed by atoms with van der Waals surface area (Å²) in [6, 6.07) is 6.29. The predicted molar refractivity (Wildman–Crippen MR) is 72.2 cm³/mol. The van der Waals surface area contributed by atoms with E-state index in [-0.39, 0.29) is 0 Å². The second kappa shape index (κ2) is 6.92. The largest absolute Gasteiger partial charge is 0.496 e. The standard InChI is InChI=1S/C13H20BrNO/c1-4-15(5-2)9-8-11-6-7-13(16-3)12(14)10-11/h6-7,10H,4-5,8-9H2,1-3H3. The number of likely N-dealkylation sites (N-methyl/N-ethyl adjacent to an activating group) is 1. The molecule has 0 saturated heterocycles. The molecule has 1 aromatic rings. The summed E-state index contributed by atoms with van der Waals surface area (Å²) in [5.74, 6) is 0.895. The number of methoxy groups -OCH3 is 1. The monoisotopic (exact) mass is 285 g/mol. The lowest BCUT2D eigenvalue weighted by atomic mass is 10.1. The lowest BCUT2D eigenvalue weighted by Gasteiger charge is -2.17. The molecule has 0 saturated carbocycles. The van der Waals surface area contributed by atoms with Crippen molar-refractivity contribution in [3.05, 3.63) is 28.2 Å². The third kappa shape index (κ3) is 3.80. The molecule has 0 radical (unpaired) electrons. The third-order valence-corrected chi connectivity index (χ3v) is 3.45. The summed E-state index contributed by atoms with van der Waals surface area (Å²) in [6.45, 7) is 7.76. The molecule has 0 unspecified atom stereocenters. The minimum atomic E-state index is 0.895. The van der Waals surface area contributed by atoms with Crippen molar-refractivity contribution in [3.8, 4) is 5.75 Å². The number of nitrogens with zero attached hydrogens (tertiary/aromatic N) is 1. The summed E-state index contributed by atoms with van der Waals surface area (Å²) in [7, 11) is 1.69. The average molecular weight is 286 g/mol. The van der Waals surface area contributed by atoms with Crippen LogP contribution in [0.4, 0.5) is 0 Å². The Morgan fingerprint density at radius 3 is 2.44 bits per heavy atom. The van der Waals surface area contributed by atoms with Gasteiger partial charge in [-0.1, -0.05) is 19.9 Å². The molecule has 1 aromatic carbocycles. The minimum absolute atomic E-state index is 0.895. The fourth-order valence-corrected chi connectivity index (χ4v) is 2.28. The summed E-state index contributed by atoms with van der Waals surface area (Å²) >= 11 is 3.51. The van der Waals surface area contributed by atoms with Crippen molar-refractivity contribution in [2.75, 3.05) is 26.7 Å². The van der Waals surface area contributed by atoms with Crippen molar-refractivity contribution >= 4 is 15.9 Å². The zero-order valence-corrected chi connectivity index (χ0v) is 11.9. The van der Waals surface area contributed by atoms with Gasteiger partial charge in [-0.2, -0.15) is 0 Å². The van der Waals surface area contributed by atoms with E-state index in [1.54, 1.807) is 7.11 Å². The van der Waals surface area contributed by atoms with Crippen LogP contribution in [0, 0.1) is 0 Å². The summed E-state index contributed by atoms with van der Waals surface area (Å²) < 4.78 is 6.24. The first-order valence-corrected chi connectivity index (χ1v) is 6.55. The van der Waals surface area contributed by atoms with E-state index in [1.807, 2.05) is 6.07 Å². The molecule has 3 heteroatoms. The molecular weight excluding hydrogens is 266 g/mol. The number of rotatable bonds is 6. The Balaban J connectivity index is 2.58. The van der Waals surface area contributed by atoms with E-state index in [2.05, 4.69) is 46.8 Å². The van der Waals surface area contributed by atoms with E-state index < -0.39 is 0 Å². The number of hydrogen-bond donors (Lipinski definition) is 0. The van der Waals surface area contributed by atoms with Crippen LogP contribution in [0.1, 0.15) is 19.4 Å². The van der Waals surface area contributed by atoms with Gasteiger partial charge in [0, 0.05) is 6.54 Å². The molecule has 90 valence electrons. The van der Waals surface area contributed by atoms with Gasteiger partial charge in [0.15, 0.2) is 0 Å². The highest BCUT2D eigenvalue weighted by molar-refractivity contribution is 9.10. The van der Waals surface area contributed by atoms with Crippen molar-refractivity contribution in [1.82, 2.24) is 4.90 Å². The second-order valence-electron chi connectivity index (χ2n) is 3.75. The summed E-state index contributed by atoms with van der Waals surface area (Å²) in [4.78, 5) is 2.43. The number of halogens is 1. The number of hydrogen-bond acceptors (Lipinski definition) is 2. The lowest BCUT2D eigenvalue weighted by Crippen LogP contribution is -2.25. The van der Waals surface area contributed by atoms with E-state index in [4.69, 9.17) is 4.74 Å². The molecule has 0 fully saturated rings. The van der Waals surface area contributed by atoms with Gasteiger partial charge in [0.05, 0.1) is 11.6 Å². The van der Waals surface area contributed by atoms with Gasteiger partial charge in [0.1, 0.15) is 5.75 Å². The SMILES string of the molecule is CCN(CC)CCc1ccc(OC)c(Br)c1. The van der Waals surface area contributed by atoms with Crippen molar-refractivity contribution in [3.63, 3.8) is 0 Å². The first kappa shape index (κ1) is 13.5. The van der Waals surface area contributed by atoms with Gasteiger partial charge in [0.2, 0.25) is 0 Å². The van der Waals surface area contributed by atoms with Gasteiger partial charge in [-0.05, 0) is 53.1 Å². The van der Waals surface area contributed by atoms with Crippen LogP contribution in [0.25, 0.3) is 0 Å². The molecule has 16 heavy (non-hydrogen) atoms. The minimum Gasteiger partial charge on any atom is -0.496 e. The first-order valence-electron chi connectivity index (χ1n) is 5.76. The maximum absolute atomic E-state index is 5.21. The number of benzene rings is 1. The Morgan fingerprint density at radius 2 is 1.94 bits per heavy atom. The molecule has 0 spiro atoms. The predicted octanol–water partition coefficient (Wildman–Crippen LogP) is 3.34. The summed E-state index contributed by atoms with van der Waals surface area (Å²) in [6.07, 6.45) is 1.09. The van der Waals surface area contributed by atoms with Crippen molar-refractivity contribution in [2.24, 2.45) is 0 Å². The van der Waals surface area contributed by atoms with Crippen LogP contribution in [-0.2, 0) is 6.42 Å². The van der Waals surface area contributed by atoms with Crippen LogP contribution in [0.2, 0.25) is 0 Å². The smallest absolute Gasteiger partial charge is 0.133 e. The van der Waals surface area contributed by atoms with Gasteiger partial charge in [-0.15, -0.1) is 0 Å². The zero-order valence-electron chi connectivity index (χ0n) is 10.3. The molecule has 0 aromatic heterocycles. The summed E-state index contributed by atoms with van der Waals surface area (Å²) in [5, 5.41) is 0. The van der Waals surface area contributed by atoms with Crippen LogP contribution in [0.5, 0.6) is 5.75 Å². The third-order valence-electron chi connectivity index (χ3n) is 2.83. The maximum Gasteiger partial charge on any atom is 0.133 e. The Morgan fingerprint density at radius 1 is 1.25 bits per heavy atom. The summed E-state index contributed by atoms with van der Waals surface area (Å²) in [5.41, 5.74) is 1.35. The van der Waals surface area contributed by atoms with Gasteiger partial charge in [0.25, 0.3) is 0 Å². The molecule has 0 aliphatic heterocycles. The Kier molecular flexibility index (Phi) is 5.85. The van der Waals surface area contributed by atoms with E-state index in [0.717, 1.165) is 36.3 Å². The zero-order chi connectivity index (χ0) is 12.0. The van der Waals surface area contributed by atoms with Crippen molar-refractivity contribution in [1.29, 1.82) is 0 Å². The van der Waals surface area contributed by atoms with Gasteiger partial charge >= 0.3 is 0 Å². The maximum atomic E-state index is 5.21. The molecule has 0 aliphatic rings. The lowest BCUT2D eigenvalue weighted by molar-refractivity contribution is 0.308. The topological polar surface area (TPSA) is 12.5 Å². The van der Waals surface area contributed by atoms with Crippen molar-refractivity contribution in [2.45, 2.75) is 20.3 Å². The Labute approximate surface area is 107 Å². The Hall–Kier alpha value is -0.540. The van der Waals surface area contributed by atoms with Gasteiger partial charge in [-0.25, -0.2) is 0 Å². The van der Waals surface area contributed by atoms with Gasteiger partial charge in [-0.3, -0.25) is 0 Å². The number of ether oxygens (including phenoxy) is 1. The van der Waals surface area contributed by atoms with E-state index in [0.29, 0.717) is 0 Å². The van der Waals surface area contributed by atoms with Crippen LogP contribution in [0.15, 0.2) is 22.7 Å². The highest BCUT2D eigenvalue weighted by atomic mass is 79.9. The fourth-order valence-electron chi connectivity index (χ4n) is 1.69. The molecule has 0 atom stereocenters. The Bertz CT molecular complexity index is 324. The van der Waals surface area contributed by atoms with E-state index in [1.165, 1.54) is 5.56 Å². The highest BCUT2D eigenvalue weighted by Crippen LogP contribution is 2.25. The molecular formula is C13H20BrNO. The second-order valence-corrected chi connectivity index (χ2v) is 4.60. The quantitative estimate of drug-likeness (QED) is 0.795. The van der Waals surface area contributed by atoms with Crippen LogP contribution in [0.3, 0.4) is 0 Å². The normalized spacial score (nSPS) is 10.8. The highest BCUT2D eigenvalue weighted by Gasteiger charge is 2.03. The molecule has 0 aliphatic carbocycles. The first-order chi connectivity index (χ1) is 7.71. The molecule has 2 nitrogen and oxygen atoms in total. The van der Waals surface area contributed by atoms with Crippen molar-refractivity contribution < 1.29 is 4.74 Å². The fraction of sp³-hybridized carbons (Fsp3) is 0.538. The van der Waals surface area contributed by atoms with Crippen LogP contribution < -0.4 is 4.74 Å². The average Bonchev–Trinajstić information content (AvgIpc) is 2.30. The van der Waals surface area contributed by atoms with Crippen LogP contribution >= 0.6 is 15.9 Å². The molecule has 1 rings (SSSR count). The van der Waals surface area contributed by atoms with Crippen LogP contribution in [-0.4, -0.2) is 31.6 Å². The van der Waals surface area contributed by atoms with E-state index in [9.17, 15) is 0 Å². The molecule has 0 heterocycles. The molecule has 0 amide bonds.